The molecule has 102 valence electrons. The highest BCUT2D eigenvalue weighted by atomic mass is 19.4. The quantitative estimate of drug-likeness (QED) is 0.871. The Morgan fingerprint density at radius 3 is 2.42 bits per heavy atom. The van der Waals surface area contributed by atoms with Crippen LogP contribution in [0.2, 0.25) is 0 Å². The van der Waals surface area contributed by atoms with Crippen molar-refractivity contribution in [1.82, 2.24) is 10.1 Å². The third-order valence-corrected chi connectivity index (χ3v) is 2.71. The van der Waals surface area contributed by atoms with Crippen molar-refractivity contribution < 1.29 is 17.7 Å². The van der Waals surface area contributed by atoms with Crippen LogP contribution in [0.3, 0.4) is 0 Å². The van der Waals surface area contributed by atoms with Crippen molar-refractivity contribution in [2.24, 2.45) is 0 Å². The number of alkyl halides is 3. The molecule has 4 nitrogen and oxygen atoms in total. The van der Waals surface area contributed by atoms with Crippen molar-refractivity contribution in [3.05, 3.63) is 41.5 Å². The first-order valence-corrected chi connectivity index (χ1v) is 5.61. The number of aromatic nitrogens is 2. The molecular formula is C12H12F3N3O. The molecule has 7 heteroatoms. The van der Waals surface area contributed by atoms with Gasteiger partial charge in [-0.15, -0.1) is 0 Å². The lowest BCUT2D eigenvalue weighted by atomic mass is 9.98. The molecule has 0 aliphatic carbocycles. The molecule has 0 amide bonds. The maximum atomic E-state index is 12.3. The Bertz CT molecular complexity index is 548. The zero-order valence-electron chi connectivity index (χ0n) is 10.1. The molecule has 0 fully saturated rings. The van der Waals surface area contributed by atoms with Gasteiger partial charge in [0, 0.05) is 12.1 Å². The molecule has 1 aromatic carbocycles. The normalized spacial score (nSPS) is 13.5. The summed E-state index contributed by atoms with van der Waals surface area (Å²) in [6, 6.07) is 7.11. The molecule has 0 spiro atoms. The van der Waals surface area contributed by atoms with E-state index in [9.17, 15) is 13.2 Å². The molecule has 0 aliphatic heterocycles. The van der Waals surface area contributed by atoms with E-state index in [1.54, 1.807) is 12.1 Å². The Balaban J connectivity index is 2.08. The molecule has 1 aromatic heterocycles. The van der Waals surface area contributed by atoms with Crippen LogP contribution in [0.15, 0.2) is 28.8 Å². The molecule has 2 N–H and O–H groups in total. The highest BCUT2D eigenvalue weighted by Crippen LogP contribution is 2.27. The van der Waals surface area contributed by atoms with Crippen LogP contribution in [0.4, 0.5) is 18.9 Å². The molecule has 0 radical (unpaired) electrons. The fourth-order valence-electron chi connectivity index (χ4n) is 1.66. The van der Waals surface area contributed by atoms with Crippen LogP contribution < -0.4 is 5.73 Å². The lowest BCUT2D eigenvalue weighted by molar-refractivity contribution is -0.146. The van der Waals surface area contributed by atoms with Crippen LogP contribution in [0.5, 0.6) is 0 Å². The van der Waals surface area contributed by atoms with Crippen molar-refractivity contribution in [2.75, 3.05) is 5.73 Å². The Morgan fingerprint density at radius 1 is 1.26 bits per heavy atom. The molecule has 1 unspecified atom stereocenters. The van der Waals surface area contributed by atoms with Crippen molar-refractivity contribution in [2.45, 2.75) is 25.4 Å². The van der Waals surface area contributed by atoms with E-state index in [0.29, 0.717) is 5.69 Å². The van der Waals surface area contributed by atoms with Crippen LogP contribution in [0.1, 0.15) is 30.1 Å². The molecule has 0 bridgehead atoms. The van der Waals surface area contributed by atoms with Gasteiger partial charge in [-0.1, -0.05) is 24.2 Å². The maximum absolute atomic E-state index is 12.3. The third kappa shape index (κ3) is 3.24. The number of nitrogen functional groups attached to an aromatic ring is 1. The molecule has 0 saturated heterocycles. The summed E-state index contributed by atoms with van der Waals surface area (Å²) in [5.41, 5.74) is 7.14. The van der Waals surface area contributed by atoms with Crippen molar-refractivity contribution in [3.63, 3.8) is 0 Å². The monoisotopic (exact) mass is 271 g/mol. The number of nitrogens with two attached hydrogens (primary N) is 1. The number of nitrogens with zero attached hydrogens (tertiary/aromatic N) is 2. The second-order valence-corrected chi connectivity index (χ2v) is 4.28. The summed E-state index contributed by atoms with van der Waals surface area (Å²) < 4.78 is 41.5. The van der Waals surface area contributed by atoms with Gasteiger partial charge in [-0.2, -0.15) is 18.2 Å². The molecular weight excluding hydrogens is 259 g/mol. The standard InChI is InChI=1S/C12H12F3N3O/c1-7(8-2-4-9(16)5-3-8)6-10-17-11(18-19-10)12(13,14)15/h2-5,7H,6,16H2,1H3. The summed E-state index contributed by atoms with van der Waals surface area (Å²) in [6.45, 7) is 1.86. The topological polar surface area (TPSA) is 64.9 Å². The molecule has 0 aliphatic rings. The number of rotatable bonds is 3. The van der Waals surface area contributed by atoms with Crippen LogP contribution in [0, 0.1) is 0 Å². The van der Waals surface area contributed by atoms with Crippen LogP contribution in [-0.2, 0) is 12.6 Å². The van der Waals surface area contributed by atoms with Gasteiger partial charge >= 0.3 is 6.18 Å². The molecule has 1 heterocycles. The van der Waals surface area contributed by atoms with E-state index < -0.39 is 12.0 Å². The average molecular weight is 271 g/mol. The first kappa shape index (κ1) is 13.4. The Hall–Kier alpha value is -2.05. The second-order valence-electron chi connectivity index (χ2n) is 4.28. The van der Waals surface area contributed by atoms with E-state index in [1.165, 1.54) is 0 Å². The zero-order chi connectivity index (χ0) is 14.0. The van der Waals surface area contributed by atoms with Gasteiger partial charge in [0.05, 0.1) is 0 Å². The predicted octanol–water partition coefficient (Wildman–Crippen LogP) is 3.02. The van der Waals surface area contributed by atoms with Gasteiger partial charge in [-0.3, -0.25) is 0 Å². The Morgan fingerprint density at radius 2 is 1.89 bits per heavy atom. The molecule has 2 aromatic rings. The van der Waals surface area contributed by atoms with E-state index in [0.717, 1.165) is 5.56 Å². The van der Waals surface area contributed by atoms with Gasteiger partial charge in [-0.05, 0) is 23.6 Å². The molecule has 0 saturated carbocycles. The summed E-state index contributed by atoms with van der Waals surface area (Å²) in [5, 5.41) is 2.92. The van der Waals surface area contributed by atoms with Gasteiger partial charge < -0.3 is 10.3 Å². The highest BCUT2D eigenvalue weighted by Gasteiger charge is 2.37. The lowest BCUT2D eigenvalue weighted by Gasteiger charge is -2.09. The average Bonchev–Trinajstić information content (AvgIpc) is 2.78. The van der Waals surface area contributed by atoms with Crippen molar-refractivity contribution in [1.29, 1.82) is 0 Å². The highest BCUT2D eigenvalue weighted by molar-refractivity contribution is 5.40. The Kier molecular flexibility index (Phi) is 3.46. The first-order chi connectivity index (χ1) is 8.86. The van der Waals surface area contributed by atoms with E-state index in [-0.39, 0.29) is 18.2 Å². The van der Waals surface area contributed by atoms with Gasteiger partial charge in [0.25, 0.3) is 5.82 Å². The first-order valence-electron chi connectivity index (χ1n) is 5.61. The summed E-state index contributed by atoms with van der Waals surface area (Å²) in [7, 11) is 0. The minimum Gasteiger partial charge on any atom is -0.399 e. The van der Waals surface area contributed by atoms with E-state index in [4.69, 9.17) is 5.73 Å². The molecule has 19 heavy (non-hydrogen) atoms. The van der Waals surface area contributed by atoms with E-state index in [1.807, 2.05) is 19.1 Å². The van der Waals surface area contributed by atoms with Gasteiger partial charge in [0.2, 0.25) is 5.89 Å². The smallest absolute Gasteiger partial charge is 0.399 e. The number of hydrogen-bond acceptors (Lipinski definition) is 4. The summed E-state index contributed by atoms with van der Waals surface area (Å²) >= 11 is 0. The van der Waals surface area contributed by atoms with Crippen molar-refractivity contribution >= 4 is 5.69 Å². The second kappa shape index (κ2) is 4.91. The van der Waals surface area contributed by atoms with Crippen LogP contribution >= 0.6 is 0 Å². The van der Waals surface area contributed by atoms with Gasteiger partial charge in [-0.25, -0.2) is 0 Å². The van der Waals surface area contributed by atoms with E-state index in [2.05, 4.69) is 14.7 Å². The molecule has 1 atom stereocenters. The van der Waals surface area contributed by atoms with Crippen LogP contribution in [-0.4, -0.2) is 10.1 Å². The fraction of sp³-hybridized carbons (Fsp3) is 0.333. The predicted molar refractivity (Wildman–Crippen MR) is 62.3 cm³/mol. The van der Waals surface area contributed by atoms with E-state index >= 15 is 0 Å². The van der Waals surface area contributed by atoms with Gasteiger partial charge in [0.15, 0.2) is 0 Å². The number of halogens is 3. The number of benzene rings is 1. The minimum absolute atomic E-state index is 0.0309. The minimum atomic E-state index is -4.58. The summed E-state index contributed by atoms with van der Waals surface area (Å²) in [5.74, 6) is -1.31. The zero-order valence-corrected chi connectivity index (χ0v) is 10.1. The largest absolute Gasteiger partial charge is 0.455 e. The SMILES string of the molecule is CC(Cc1nc(C(F)(F)F)no1)c1ccc(N)cc1. The fourth-order valence-corrected chi connectivity index (χ4v) is 1.66. The lowest BCUT2D eigenvalue weighted by Crippen LogP contribution is -2.07. The maximum Gasteiger partial charge on any atom is 0.455 e. The third-order valence-electron chi connectivity index (χ3n) is 2.71. The summed E-state index contributed by atoms with van der Waals surface area (Å²) in [4.78, 5) is 3.34. The number of anilines is 1. The molecule has 2 rings (SSSR count). The summed E-state index contributed by atoms with van der Waals surface area (Å²) in [6.07, 6.45) is -4.33. The van der Waals surface area contributed by atoms with Gasteiger partial charge in [0.1, 0.15) is 0 Å². The number of hydrogen-bond donors (Lipinski definition) is 1. The van der Waals surface area contributed by atoms with Crippen molar-refractivity contribution in [3.8, 4) is 0 Å². The Labute approximate surface area is 107 Å². The van der Waals surface area contributed by atoms with Crippen LogP contribution in [0.25, 0.3) is 0 Å².